The fourth-order valence-corrected chi connectivity index (χ4v) is 0.539. The molecule has 0 aromatic rings. The third-order valence-electron chi connectivity index (χ3n) is 1.10. The SMILES string of the molecule is C=C(CCC=O)COC(C)=O. The van der Waals surface area contributed by atoms with Gasteiger partial charge in [-0.3, -0.25) is 4.79 Å². The van der Waals surface area contributed by atoms with Gasteiger partial charge >= 0.3 is 5.97 Å². The Balaban J connectivity index is 3.37. The zero-order valence-corrected chi connectivity index (χ0v) is 6.63. The highest BCUT2D eigenvalue weighted by Crippen LogP contribution is 2.00. The van der Waals surface area contributed by atoms with Crippen LogP contribution in [-0.2, 0) is 14.3 Å². The summed E-state index contributed by atoms with van der Waals surface area (Å²) < 4.78 is 4.65. The first kappa shape index (κ1) is 9.88. The minimum Gasteiger partial charge on any atom is -0.461 e. The summed E-state index contributed by atoms with van der Waals surface area (Å²) >= 11 is 0. The number of carbonyl (C=O) groups is 2. The zero-order valence-electron chi connectivity index (χ0n) is 6.63. The van der Waals surface area contributed by atoms with Gasteiger partial charge in [-0.25, -0.2) is 0 Å². The summed E-state index contributed by atoms with van der Waals surface area (Å²) in [6.07, 6.45) is 1.86. The van der Waals surface area contributed by atoms with Crippen LogP contribution in [0.5, 0.6) is 0 Å². The van der Waals surface area contributed by atoms with E-state index in [0.29, 0.717) is 12.8 Å². The van der Waals surface area contributed by atoms with Crippen LogP contribution in [0.1, 0.15) is 19.8 Å². The van der Waals surface area contributed by atoms with Crippen molar-refractivity contribution in [1.29, 1.82) is 0 Å². The molecule has 0 atom stereocenters. The molecule has 0 N–H and O–H groups in total. The second-order valence-electron chi connectivity index (χ2n) is 2.24. The first-order valence-electron chi connectivity index (χ1n) is 3.40. The molecule has 0 aliphatic carbocycles. The maximum atomic E-state index is 10.3. The molecule has 11 heavy (non-hydrogen) atoms. The molecule has 0 aliphatic heterocycles. The Labute approximate surface area is 66.0 Å². The van der Waals surface area contributed by atoms with Gasteiger partial charge in [0.1, 0.15) is 12.9 Å². The highest BCUT2D eigenvalue weighted by molar-refractivity contribution is 5.66. The Bertz CT molecular complexity index is 161. The van der Waals surface area contributed by atoms with Crippen molar-refractivity contribution in [3.05, 3.63) is 12.2 Å². The summed E-state index contributed by atoms with van der Waals surface area (Å²) in [5.41, 5.74) is 0.771. The van der Waals surface area contributed by atoms with Crippen molar-refractivity contribution < 1.29 is 14.3 Å². The van der Waals surface area contributed by atoms with E-state index < -0.39 is 0 Å². The summed E-state index contributed by atoms with van der Waals surface area (Å²) in [6.45, 7) is 5.19. The summed E-state index contributed by atoms with van der Waals surface area (Å²) in [5.74, 6) is -0.322. The highest BCUT2D eigenvalue weighted by atomic mass is 16.5. The van der Waals surface area contributed by atoms with Crippen molar-refractivity contribution in [2.24, 2.45) is 0 Å². The van der Waals surface area contributed by atoms with Gasteiger partial charge in [0, 0.05) is 13.3 Å². The van der Waals surface area contributed by atoms with E-state index in [0.717, 1.165) is 11.9 Å². The molecule has 62 valence electrons. The van der Waals surface area contributed by atoms with Gasteiger partial charge in [0.15, 0.2) is 0 Å². The standard InChI is InChI=1S/C8H12O3/c1-7(4-3-5-9)6-11-8(2)10/h5H,1,3-4,6H2,2H3. The lowest BCUT2D eigenvalue weighted by Gasteiger charge is -2.02. The van der Waals surface area contributed by atoms with Gasteiger partial charge < -0.3 is 9.53 Å². The fraction of sp³-hybridized carbons (Fsp3) is 0.500. The fourth-order valence-electron chi connectivity index (χ4n) is 0.539. The molecule has 3 heteroatoms. The Kier molecular flexibility index (Phi) is 5.07. The van der Waals surface area contributed by atoms with E-state index in [2.05, 4.69) is 11.3 Å². The van der Waals surface area contributed by atoms with Crippen molar-refractivity contribution in [1.82, 2.24) is 0 Å². The second-order valence-corrected chi connectivity index (χ2v) is 2.24. The van der Waals surface area contributed by atoms with Crippen LogP contribution in [0.15, 0.2) is 12.2 Å². The molecular formula is C8H12O3. The lowest BCUT2D eigenvalue weighted by Crippen LogP contribution is -2.02. The number of rotatable bonds is 5. The van der Waals surface area contributed by atoms with E-state index >= 15 is 0 Å². The molecule has 0 saturated heterocycles. The van der Waals surface area contributed by atoms with Crippen molar-refractivity contribution in [3.8, 4) is 0 Å². The number of hydrogen-bond donors (Lipinski definition) is 0. The van der Waals surface area contributed by atoms with Crippen molar-refractivity contribution in [2.75, 3.05) is 6.61 Å². The number of ether oxygens (including phenoxy) is 1. The molecule has 0 heterocycles. The van der Waals surface area contributed by atoms with Crippen LogP contribution in [0.4, 0.5) is 0 Å². The Morgan fingerprint density at radius 2 is 2.27 bits per heavy atom. The molecule has 0 radical (unpaired) electrons. The summed E-state index contributed by atoms with van der Waals surface area (Å²) in [7, 11) is 0. The number of esters is 1. The average Bonchev–Trinajstić information content (AvgIpc) is 1.97. The summed E-state index contributed by atoms with van der Waals surface area (Å²) in [6, 6.07) is 0. The Hall–Kier alpha value is -1.12. The predicted molar refractivity (Wildman–Crippen MR) is 41.1 cm³/mol. The Morgan fingerprint density at radius 1 is 1.64 bits per heavy atom. The van der Waals surface area contributed by atoms with Gasteiger partial charge in [0.2, 0.25) is 0 Å². The molecule has 0 aromatic heterocycles. The van der Waals surface area contributed by atoms with Crippen LogP contribution in [-0.4, -0.2) is 18.9 Å². The lowest BCUT2D eigenvalue weighted by atomic mass is 10.2. The van der Waals surface area contributed by atoms with Gasteiger partial charge in [-0.15, -0.1) is 0 Å². The topological polar surface area (TPSA) is 43.4 Å². The molecule has 0 bridgehead atoms. The Morgan fingerprint density at radius 3 is 2.73 bits per heavy atom. The number of carbonyl (C=O) groups excluding carboxylic acids is 2. The smallest absolute Gasteiger partial charge is 0.302 e. The third-order valence-corrected chi connectivity index (χ3v) is 1.10. The quantitative estimate of drug-likeness (QED) is 0.340. The molecule has 0 aliphatic rings. The molecule has 0 aromatic carbocycles. The zero-order chi connectivity index (χ0) is 8.69. The normalized spacial score (nSPS) is 8.82. The van der Waals surface area contributed by atoms with Gasteiger partial charge in [0.05, 0.1) is 0 Å². The van der Waals surface area contributed by atoms with Crippen LogP contribution in [0.2, 0.25) is 0 Å². The van der Waals surface area contributed by atoms with Crippen LogP contribution in [0.25, 0.3) is 0 Å². The number of aldehydes is 1. The molecule has 3 nitrogen and oxygen atoms in total. The van der Waals surface area contributed by atoms with Crippen LogP contribution in [0, 0.1) is 0 Å². The molecule has 0 unspecified atom stereocenters. The minimum atomic E-state index is -0.322. The first-order chi connectivity index (χ1) is 5.16. The minimum absolute atomic E-state index is 0.225. The summed E-state index contributed by atoms with van der Waals surface area (Å²) in [5, 5.41) is 0. The molecule has 0 rings (SSSR count). The highest BCUT2D eigenvalue weighted by Gasteiger charge is 1.96. The van der Waals surface area contributed by atoms with Gasteiger partial charge in [-0.2, -0.15) is 0 Å². The largest absolute Gasteiger partial charge is 0.461 e. The van der Waals surface area contributed by atoms with Gasteiger partial charge in [-0.05, 0) is 12.0 Å². The van der Waals surface area contributed by atoms with E-state index in [4.69, 9.17) is 0 Å². The molecular weight excluding hydrogens is 144 g/mol. The monoisotopic (exact) mass is 156 g/mol. The molecule has 0 saturated carbocycles. The maximum absolute atomic E-state index is 10.3. The van der Waals surface area contributed by atoms with E-state index in [1.165, 1.54) is 6.92 Å². The maximum Gasteiger partial charge on any atom is 0.302 e. The van der Waals surface area contributed by atoms with Crippen LogP contribution in [0.3, 0.4) is 0 Å². The van der Waals surface area contributed by atoms with Gasteiger partial charge in [0.25, 0.3) is 0 Å². The van der Waals surface area contributed by atoms with Crippen molar-refractivity contribution in [2.45, 2.75) is 19.8 Å². The van der Waals surface area contributed by atoms with E-state index in [1.54, 1.807) is 0 Å². The van der Waals surface area contributed by atoms with E-state index in [-0.39, 0.29) is 12.6 Å². The number of hydrogen-bond acceptors (Lipinski definition) is 3. The lowest BCUT2D eigenvalue weighted by molar-refractivity contribution is -0.140. The van der Waals surface area contributed by atoms with Gasteiger partial charge in [-0.1, -0.05) is 6.58 Å². The van der Waals surface area contributed by atoms with Crippen LogP contribution < -0.4 is 0 Å². The van der Waals surface area contributed by atoms with E-state index in [1.807, 2.05) is 0 Å². The predicted octanol–water partition coefficient (Wildman–Crippen LogP) is 1.08. The van der Waals surface area contributed by atoms with Crippen molar-refractivity contribution in [3.63, 3.8) is 0 Å². The molecule has 0 fully saturated rings. The second kappa shape index (κ2) is 5.65. The summed E-state index contributed by atoms with van der Waals surface area (Å²) in [4.78, 5) is 20.2. The third kappa shape index (κ3) is 6.77. The van der Waals surface area contributed by atoms with Crippen molar-refractivity contribution >= 4 is 12.3 Å². The average molecular weight is 156 g/mol. The van der Waals surface area contributed by atoms with E-state index in [9.17, 15) is 9.59 Å². The van der Waals surface area contributed by atoms with Crippen LogP contribution >= 0.6 is 0 Å². The first-order valence-corrected chi connectivity index (χ1v) is 3.40. The molecule has 0 spiro atoms. The molecule has 0 amide bonds.